The van der Waals surface area contributed by atoms with E-state index >= 15 is 0 Å². The van der Waals surface area contributed by atoms with E-state index in [-0.39, 0.29) is 30.2 Å². The Morgan fingerprint density at radius 3 is 2.78 bits per heavy atom. The highest BCUT2D eigenvalue weighted by Crippen LogP contribution is 2.33. The summed E-state index contributed by atoms with van der Waals surface area (Å²) < 4.78 is 36.3. The van der Waals surface area contributed by atoms with Crippen molar-refractivity contribution in [1.82, 2.24) is 14.9 Å². The molecule has 27 heavy (non-hydrogen) atoms. The average Bonchev–Trinajstić information content (AvgIpc) is 3.26. The van der Waals surface area contributed by atoms with Gasteiger partial charge in [-0.2, -0.15) is 0 Å². The van der Waals surface area contributed by atoms with E-state index in [9.17, 15) is 18.4 Å². The van der Waals surface area contributed by atoms with Crippen molar-refractivity contribution >= 4 is 29.3 Å². The van der Waals surface area contributed by atoms with Gasteiger partial charge in [0.2, 0.25) is 5.91 Å². The van der Waals surface area contributed by atoms with Crippen LogP contribution < -0.4 is 10.2 Å². The molecule has 1 N–H and O–H groups in total. The van der Waals surface area contributed by atoms with Gasteiger partial charge in [0.1, 0.15) is 17.7 Å². The smallest absolute Gasteiger partial charge is 0.414 e. The summed E-state index contributed by atoms with van der Waals surface area (Å²) in [5.41, 5.74) is 1.23. The predicted molar refractivity (Wildman–Crippen MR) is 92.8 cm³/mol. The number of nitrogens with one attached hydrogen (secondary N) is 1. The Morgan fingerprint density at radius 2 is 2.11 bits per heavy atom. The molecule has 0 saturated carbocycles. The minimum atomic E-state index is -0.756. The Balaban J connectivity index is 1.56. The number of carbonyl (C=O) groups excluding carboxylic acids is 2. The van der Waals surface area contributed by atoms with Crippen LogP contribution in [0.4, 0.5) is 19.3 Å². The number of ether oxygens (including phenoxy) is 1. The molecule has 4 rings (SSSR count). The molecule has 0 unspecified atom stereocenters. The van der Waals surface area contributed by atoms with Crippen LogP contribution in [-0.2, 0) is 16.1 Å². The molecule has 2 amide bonds. The quantitative estimate of drug-likeness (QED) is 0.890. The topological polar surface area (TPSA) is 76.5 Å². The third kappa shape index (κ3) is 3.16. The van der Waals surface area contributed by atoms with Gasteiger partial charge in [0.25, 0.3) is 0 Å². The van der Waals surface area contributed by atoms with Gasteiger partial charge in [-0.25, -0.2) is 18.6 Å². The Morgan fingerprint density at radius 1 is 1.37 bits per heavy atom. The summed E-state index contributed by atoms with van der Waals surface area (Å²) in [6, 6.07) is 2.24. The Kier molecular flexibility index (Phi) is 4.14. The lowest BCUT2D eigenvalue weighted by molar-refractivity contribution is -0.119. The third-order valence-electron chi connectivity index (χ3n) is 4.52. The molecule has 1 saturated heterocycles. The van der Waals surface area contributed by atoms with Crippen molar-refractivity contribution in [1.29, 1.82) is 0 Å². The van der Waals surface area contributed by atoms with Gasteiger partial charge in [-0.1, -0.05) is 0 Å². The summed E-state index contributed by atoms with van der Waals surface area (Å²) in [6.07, 6.45) is 3.61. The molecule has 0 radical (unpaired) electrons. The van der Waals surface area contributed by atoms with E-state index in [0.29, 0.717) is 12.1 Å². The number of aromatic nitrogens is 2. The largest absolute Gasteiger partial charge is 0.442 e. The zero-order valence-corrected chi connectivity index (χ0v) is 14.4. The molecule has 1 aromatic carbocycles. The first-order chi connectivity index (χ1) is 12.9. The second-order valence-electron chi connectivity index (χ2n) is 6.45. The number of rotatable bonds is 4. The molecule has 1 aromatic heterocycles. The second kappa shape index (κ2) is 6.49. The fourth-order valence-corrected chi connectivity index (χ4v) is 3.26. The fourth-order valence-electron chi connectivity index (χ4n) is 3.26. The van der Waals surface area contributed by atoms with Crippen molar-refractivity contribution in [3.8, 4) is 0 Å². The van der Waals surface area contributed by atoms with E-state index in [1.165, 1.54) is 6.92 Å². The van der Waals surface area contributed by atoms with E-state index in [1.807, 2.05) is 0 Å². The summed E-state index contributed by atoms with van der Waals surface area (Å²) in [5.74, 6) is -1.77. The molecule has 2 aliphatic rings. The zero-order valence-electron chi connectivity index (χ0n) is 14.4. The SMILES string of the molecule is CC(=O)NC[C@H]1CN(c2cc(F)c(C3=Cc4cncn4C3)c(F)c2)C(=O)O1. The number of amides is 2. The number of halogens is 2. The van der Waals surface area contributed by atoms with Gasteiger partial charge in [-0.3, -0.25) is 9.69 Å². The highest BCUT2D eigenvalue weighted by atomic mass is 19.1. The predicted octanol–water partition coefficient (Wildman–Crippen LogP) is 2.18. The van der Waals surface area contributed by atoms with Crippen LogP contribution in [0.1, 0.15) is 18.2 Å². The maximum Gasteiger partial charge on any atom is 0.414 e. The van der Waals surface area contributed by atoms with Crippen LogP contribution in [0.5, 0.6) is 0 Å². The van der Waals surface area contributed by atoms with Crippen LogP contribution in [0, 0.1) is 11.6 Å². The summed E-state index contributed by atoms with van der Waals surface area (Å²) in [5, 5.41) is 2.55. The molecule has 1 atom stereocenters. The highest BCUT2D eigenvalue weighted by molar-refractivity contribution is 5.91. The number of allylic oxidation sites excluding steroid dienone is 1. The van der Waals surface area contributed by atoms with Crippen LogP contribution in [-0.4, -0.2) is 40.7 Å². The second-order valence-corrected chi connectivity index (χ2v) is 6.45. The Bertz CT molecular complexity index is 946. The Labute approximate surface area is 153 Å². The van der Waals surface area contributed by atoms with Gasteiger partial charge < -0.3 is 14.6 Å². The van der Waals surface area contributed by atoms with Crippen LogP contribution in [0.3, 0.4) is 0 Å². The van der Waals surface area contributed by atoms with E-state index in [4.69, 9.17) is 4.74 Å². The summed E-state index contributed by atoms with van der Waals surface area (Å²) >= 11 is 0. The molecule has 9 heteroatoms. The minimum absolute atomic E-state index is 0.0731. The Hall–Kier alpha value is -3.23. The van der Waals surface area contributed by atoms with Crippen LogP contribution in [0.2, 0.25) is 0 Å². The lowest BCUT2D eigenvalue weighted by Gasteiger charge is -2.15. The summed E-state index contributed by atoms with van der Waals surface area (Å²) in [6.45, 7) is 1.91. The van der Waals surface area contributed by atoms with Crippen molar-refractivity contribution < 1.29 is 23.1 Å². The van der Waals surface area contributed by atoms with Crippen molar-refractivity contribution in [2.45, 2.75) is 19.6 Å². The van der Waals surface area contributed by atoms with Crippen LogP contribution in [0.15, 0.2) is 24.7 Å². The van der Waals surface area contributed by atoms with Crippen LogP contribution >= 0.6 is 0 Å². The number of cyclic esters (lactones) is 1. The molecule has 140 valence electrons. The monoisotopic (exact) mass is 374 g/mol. The standard InChI is InChI=1S/C18H16F2N4O3/c1-10(25)22-6-14-8-24(18(26)27-14)12-3-15(19)17(16(20)4-12)11-2-13-5-21-9-23(13)7-11/h2-5,9,14H,6-8H2,1H3,(H,22,25)/t14-/m0/s1. The lowest BCUT2D eigenvalue weighted by atomic mass is 10.0. The molecular formula is C18H16F2N4O3. The molecule has 1 fully saturated rings. The average molecular weight is 374 g/mol. The van der Waals surface area contributed by atoms with Gasteiger partial charge in [-0.05, 0) is 23.8 Å². The lowest BCUT2D eigenvalue weighted by Crippen LogP contribution is -2.33. The first-order valence-corrected chi connectivity index (χ1v) is 8.35. The number of hydrogen-bond donors (Lipinski definition) is 1. The van der Waals surface area contributed by atoms with Crippen molar-refractivity contribution in [3.63, 3.8) is 0 Å². The van der Waals surface area contributed by atoms with E-state index in [2.05, 4.69) is 10.3 Å². The van der Waals surface area contributed by atoms with Crippen molar-refractivity contribution in [3.05, 3.63) is 47.5 Å². The van der Waals surface area contributed by atoms with Crippen molar-refractivity contribution in [2.75, 3.05) is 18.0 Å². The number of hydrogen-bond acceptors (Lipinski definition) is 4. The maximum absolute atomic E-state index is 14.7. The molecule has 0 aliphatic carbocycles. The zero-order chi connectivity index (χ0) is 19.1. The number of benzene rings is 1. The number of nitrogens with zero attached hydrogens (tertiary/aromatic N) is 3. The summed E-state index contributed by atoms with van der Waals surface area (Å²) in [4.78, 5) is 28.1. The molecule has 2 aliphatic heterocycles. The summed E-state index contributed by atoms with van der Waals surface area (Å²) in [7, 11) is 0. The molecule has 2 aromatic rings. The molecular weight excluding hydrogens is 358 g/mol. The first kappa shape index (κ1) is 17.2. The van der Waals surface area contributed by atoms with E-state index in [1.54, 1.807) is 23.2 Å². The van der Waals surface area contributed by atoms with Gasteiger partial charge in [0.15, 0.2) is 0 Å². The van der Waals surface area contributed by atoms with Gasteiger partial charge in [0, 0.05) is 13.5 Å². The normalized spacial score (nSPS) is 18.3. The number of carbonyl (C=O) groups is 2. The van der Waals surface area contributed by atoms with Gasteiger partial charge in [-0.15, -0.1) is 0 Å². The number of anilines is 1. The molecule has 0 bridgehead atoms. The van der Waals surface area contributed by atoms with Crippen molar-refractivity contribution in [2.24, 2.45) is 0 Å². The van der Waals surface area contributed by atoms with E-state index < -0.39 is 23.8 Å². The molecule has 3 heterocycles. The number of fused-ring (bicyclic) bond motifs is 1. The highest BCUT2D eigenvalue weighted by Gasteiger charge is 2.33. The number of imidazole rings is 1. The maximum atomic E-state index is 14.7. The van der Waals surface area contributed by atoms with E-state index in [0.717, 1.165) is 22.7 Å². The van der Waals surface area contributed by atoms with Gasteiger partial charge in [0.05, 0.1) is 42.6 Å². The van der Waals surface area contributed by atoms with Crippen LogP contribution in [0.25, 0.3) is 11.6 Å². The fraction of sp³-hybridized carbons (Fsp3) is 0.278. The minimum Gasteiger partial charge on any atom is -0.442 e. The molecule has 7 nitrogen and oxygen atoms in total. The third-order valence-corrected chi connectivity index (χ3v) is 4.52. The molecule has 0 spiro atoms. The first-order valence-electron chi connectivity index (χ1n) is 8.35. The van der Waals surface area contributed by atoms with Gasteiger partial charge >= 0.3 is 6.09 Å².